The van der Waals surface area contributed by atoms with Gasteiger partial charge in [0, 0.05) is 0 Å². The third-order valence-electron chi connectivity index (χ3n) is 3.16. The lowest BCUT2D eigenvalue weighted by atomic mass is 9.98. The summed E-state index contributed by atoms with van der Waals surface area (Å²) in [5.74, 6) is -0.816. The predicted octanol–water partition coefficient (Wildman–Crippen LogP) is 5.41. The zero-order chi connectivity index (χ0) is 16.4. The fourth-order valence-corrected chi connectivity index (χ4v) is 2.03. The number of carbonyl (C=O) groups is 1. The number of hydrogen-bond donors (Lipinski definition) is 1. The molecule has 0 atom stereocenters. The molecule has 2 heteroatoms. The predicted molar refractivity (Wildman–Crippen MR) is 94.7 cm³/mol. The van der Waals surface area contributed by atoms with E-state index in [0.717, 1.165) is 6.42 Å². The van der Waals surface area contributed by atoms with Gasteiger partial charge in [-0.05, 0) is 37.0 Å². The Morgan fingerprint density at radius 3 is 2.64 bits per heavy atom. The van der Waals surface area contributed by atoms with E-state index in [-0.39, 0.29) is 6.42 Å². The van der Waals surface area contributed by atoms with E-state index in [1.807, 2.05) is 18.2 Å². The van der Waals surface area contributed by atoms with Crippen LogP contribution in [0.2, 0.25) is 0 Å². The van der Waals surface area contributed by atoms with E-state index in [1.165, 1.54) is 22.3 Å². The number of aliphatic carboxylic acids is 1. The van der Waals surface area contributed by atoms with E-state index in [4.69, 9.17) is 5.11 Å². The van der Waals surface area contributed by atoms with Crippen LogP contribution in [-0.2, 0) is 4.79 Å². The van der Waals surface area contributed by atoms with Crippen molar-refractivity contribution in [2.75, 3.05) is 0 Å². The minimum absolute atomic E-state index is 0.0525. The first-order chi connectivity index (χ1) is 10.5. The standard InChI is InChI=1S/C20H24O2/c1-4-5-11-18-15-16(2)13-14-19(18)17(3)10-8-6-7-9-12-20(21)22/h5-11,13-15H,4,12H2,1-3H3,(H,21,22)/b8-6+,9-7+,11-5-,17-10-. The summed E-state index contributed by atoms with van der Waals surface area (Å²) < 4.78 is 0. The Kier molecular flexibility index (Phi) is 7.69. The van der Waals surface area contributed by atoms with Crippen LogP contribution in [0, 0.1) is 6.92 Å². The Bertz CT molecular complexity index is 617. The quantitative estimate of drug-likeness (QED) is 0.683. The minimum Gasteiger partial charge on any atom is -0.481 e. The number of aryl methyl sites for hydroxylation is 1. The minimum atomic E-state index is -0.816. The highest BCUT2D eigenvalue weighted by Crippen LogP contribution is 2.22. The van der Waals surface area contributed by atoms with Gasteiger partial charge in [-0.25, -0.2) is 0 Å². The molecule has 0 aliphatic heterocycles. The van der Waals surface area contributed by atoms with Crippen LogP contribution in [0.25, 0.3) is 11.6 Å². The molecule has 0 heterocycles. The molecule has 1 N–H and O–H groups in total. The lowest BCUT2D eigenvalue weighted by molar-refractivity contribution is -0.136. The molecular formula is C20H24O2. The molecule has 1 aromatic carbocycles. The molecule has 0 fully saturated rings. The summed E-state index contributed by atoms with van der Waals surface area (Å²) in [6.45, 7) is 6.30. The van der Waals surface area contributed by atoms with Crippen molar-refractivity contribution in [3.63, 3.8) is 0 Å². The van der Waals surface area contributed by atoms with E-state index in [0.29, 0.717) is 0 Å². The second-order valence-corrected chi connectivity index (χ2v) is 5.16. The number of hydrogen-bond acceptors (Lipinski definition) is 1. The molecule has 0 unspecified atom stereocenters. The van der Waals surface area contributed by atoms with Crippen LogP contribution < -0.4 is 0 Å². The average Bonchev–Trinajstić information content (AvgIpc) is 2.48. The fraction of sp³-hybridized carbons (Fsp3) is 0.250. The second kappa shape index (κ2) is 9.56. The van der Waals surface area contributed by atoms with Crippen molar-refractivity contribution in [2.24, 2.45) is 0 Å². The summed E-state index contributed by atoms with van der Waals surface area (Å²) in [5, 5.41) is 8.54. The highest BCUT2D eigenvalue weighted by molar-refractivity contribution is 5.74. The smallest absolute Gasteiger partial charge is 0.307 e. The van der Waals surface area contributed by atoms with Gasteiger partial charge >= 0.3 is 5.97 Å². The van der Waals surface area contributed by atoms with E-state index in [9.17, 15) is 4.79 Å². The molecule has 0 amide bonds. The van der Waals surface area contributed by atoms with Crippen LogP contribution in [0.3, 0.4) is 0 Å². The molecule has 0 saturated heterocycles. The van der Waals surface area contributed by atoms with Gasteiger partial charge in [0.25, 0.3) is 0 Å². The third-order valence-corrected chi connectivity index (χ3v) is 3.16. The molecule has 2 nitrogen and oxygen atoms in total. The summed E-state index contributed by atoms with van der Waals surface area (Å²) in [6, 6.07) is 6.45. The lowest BCUT2D eigenvalue weighted by Crippen LogP contribution is -1.89. The van der Waals surface area contributed by atoms with Gasteiger partial charge in [0.15, 0.2) is 0 Å². The highest BCUT2D eigenvalue weighted by atomic mass is 16.4. The number of carboxylic acid groups (broad SMARTS) is 1. The van der Waals surface area contributed by atoms with Gasteiger partial charge in [-0.15, -0.1) is 0 Å². The molecule has 22 heavy (non-hydrogen) atoms. The summed E-state index contributed by atoms with van der Waals surface area (Å²) in [4.78, 5) is 10.4. The van der Waals surface area contributed by atoms with Crippen molar-refractivity contribution < 1.29 is 9.90 Å². The van der Waals surface area contributed by atoms with Crippen molar-refractivity contribution in [3.05, 3.63) is 71.3 Å². The molecule has 116 valence electrons. The zero-order valence-electron chi connectivity index (χ0n) is 13.5. The van der Waals surface area contributed by atoms with Gasteiger partial charge in [0.1, 0.15) is 0 Å². The zero-order valence-corrected chi connectivity index (χ0v) is 13.5. The molecule has 0 saturated carbocycles. The molecule has 0 aromatic heterocycles. The summed E-state index contributed by atoms with van der Waals surface area (Å²) in [7, 11) is 0. The summed E-state index contributed by atoms with van der Waals surface area (Å²) >= 11 is 0. The maximum atomic E-state index is 10.4. The van der Waals surface area contributed by atoms with Crippen LogP contribution in [0.15, 0.2) is 54.7 Å². The number of benzene rings is 1. The number of rotatable bonds is 7. The Labute approximate surface area is 133 Å². The first-order valence-electron chi connectivity index (χ1n) is 7.54. The Balaban J connectivity index is 2.87. The van der Waals surface area contributed by atoms with Crippen molar-refractivity contribution in [2.45, 2.75) is 33.6 Å². The molecule has 1 aromatic rings. The fourth-order valence-electron chi connectivity index (χ4n) is 2.03. The topological polar surface area (TPSA) is 37.3 Å². The normalized spacial score (nSPS) is 12.8. The SMILES string of the molecule is CC/C=C\c1cc(C)ccc1\C(C)=C/C=C/C=C/CC(=O)O. The lowest BCUT2D eigenvalue weighted by Gasteiger charge is -2.07. The van der Waals surface area contributed by atoms with Gasteiger partial charge < -0.3 is 5.11 Å². The monoisotopic (exact) mass is 296 g/mol. The maximum absolute atomic E-state index is 10.4. The van der Waals surface area contributed by atoms with Gasteiger partial charge in [0.2, 0.25) is 0 Å². The molecular weight excluding hydrogens is 272 g/mol. The highest BCUT2D eigenvalue weighted by Gasteiger charge is 2.01. The van der Waals surface area contributed by atoms with Gasteiger partial charge in [0.05, 0.1) is 6.42 Å². The summed E-state index contributed by atoms with van der Waals surface area (Å²) in [6.07, 6.45) is 14.6. The largest absolute Gasteiger partial charge is 0.481 e. The van der Waals surface area contributed by atoms with E-state index < -0.39 is 5.97 Å². The Hall–Kier alpha value is -2.35. The molecule has 0 spiro atoms. The van der Waals surface area contributed by atoms with E-state index >= 15 is 0 Å². The van der Waals surface area contributed by atoms with E-state index in [2.05, 4.69) is 51.1 Å². The second-order valence-electron chi connectivity index (χ2n) is 5.16. The van der Waals surface area contributed by atoms with Crippen molar-refractivity contribution in [1.29, 1.82) is 0 Å². The molecule has 1 rings (SSSR count). The molecule has 0 radical (unpaired) electrons. The van der Waals surface area contributed by atoms with Crippen LogP contribution in [0.1, 0.15) is 43.4 Å². The van der Waals surface area contributed by atoms with Gasteiger partial charge in [-0.3, -0.25) is 4.79 Å². The van der Waals surface area contributed by atoms with E-state index in [1.54, 1.807) is 12.2 Å². The van der Waals surface area contributed by atoms with Crippen LogP contribution in [0.4, 0.5) is 0 Å². The number of allylic oxidation sites excluding steroid dienone is 6. The molecule has 0 aliphatic carbocycles. The summed E-state index contributed by atoms with van der Waals surface area (Å²) in [5.41, 5.74) is 4.87. The molecule has 0 aliphatic rings. The Morgan fingerprint density at radius 1 is 1.18 bits per heavy atom. The first kappa shape index (κ1) is 17.7. The van der Waals surface area contributed by atoms with Crippen LogP contribution in [0.5, 0.6) is 0 Å². The van der Waals surface area contributed by atoms with Crippen LogP contribution >= 0.6 is 0 Å². The third kappa shape index (κ3) is 6.40. The Morgan fingerprint density at radius 2 is 1.95 bits per heavy atom. The van der Waals surface area contributed by atoms with Gasteiger partial charge in [-0.1, -0.05) is 73.2 Å². The maximum Gasteiger partial charge on any atom is 0.307 e. The average molecular weight is 296 g/mol. The van der Waals surface area contributed by atoms with Crippen molar-refractivity contribution in [1.82, 2.24) is 0 Å². The van der Waals surface area contributed by atoms with Crippen molar-refractivity contribution >= 4 is 17.6 Å². The number of carboxylic acids is 1. The first-order valence-corrected chi connectivity index (χ1v) is 7.54. The van der Waals surface area contributed by atoms with Crippen LogP contribution in [-0.4, -0.2) is 11.1 Å². The van der Waals surface area contributed by atoms with Crippen molar-refractivity contribution in [3.8, 4) is 0 Å². The molecule has 0 bridgehead atoms. The van der Waals surface area contributed by atoms with Gasteiger partial charge in [-0.2, -0.15) is 0 Å².